The lowest BCUT2D eigenvalue weighted by molar-refractivity contribution is 0.0681. The number of rotatable bonds is 10. The van der Waals surface area contributed by atoms with Gasteiger partial charge in [0.2, 0.25) is 0 Å². The Hall–Kier alpha value is -2.05. The monoisotopic (exact) mass is 463 g/mol. The van der Waals surface area contributed by atoms with E-state index in [0.29, 0.717) is 30.2 Å². The van der Waals surface area contributed by atoms with Gasteiger partial charge in [-0.2, -0.15) is 0 Å². The average molecular weight is 464 g/mol. The number of amides is 1. The molecule has 0 radical (unpaired) electrons. The highest BCUT2D eigenvalue weighted by atomic mass is 35.5. The van der Waals surface area contributed by atoms with Gasteiger partial charge in [-0.25, -0.2) is 8.42 Å². The fourth-order valence-electron chi connectivity index (χ4n) is 3.80. The first-order valence-corrected chi connectivity index (χ1v) is 13.1. The van der Waals surface area contributed by atoms with E-state index in [1.165, 1.54) is 12.8 Å². The van der Waals surface area contributed by atoms with Crippen LogP contribution in [0.4, 0.5) is 0 Å². The second-order valence-electron chi connectivity index (χ2n) is 8.05. The second kappa shape index (κ2) is 11.0. The van der Waals surface area contributed by atoms with Crippen LogP contribution in [0, 0.1) is 0 Å². The van der Waals surface area contributed by atoms with Crippen LogP contribution in [0.3, 0.4) is 0 Å². The molecule has 1 fully saturated rings. The van der Waals surface area contributed by atoms with E-state index in [1.807, 2.05) is 12.1 Å². The molecule has 0 aliphatic carbocycles. The number of carbonyl (C=O) groups is 1. The Morgan fingerprint density at radius 1 is 1.13 bits per heavy atom. The summed E-state index contributed by atoms with van der Waals surface area (Å²) >= 11 is 6.10. The second-order valence-corrected chi connectivity index (χ2v) is 10.7. The van der Waals surface area contributed by atoms with Crippen LogP contribution in [0.25, 0.3) is 0 Å². The van der Waals surface area contributed by atoms with Crippen LogP contribution in [0.15, 0.2) is 48.5 Å². The Balaban J connectivity index is 1.71. The molecule has 1 aliphatic rings. The number of sulfone groups is 1. The van der Waals surface area contributed by atoms with E-state index in [2.05, 4.69) is 6.92 Å². The van der Waals surface area contributed by atoms with Crippen molar-refractivity contribution < 1.29 is 17.9 Å². The van der Waals surface area contributed by atoms with Crippen molar-refractivity contribution in [2.24, 2.45) is 0 Å². The maximum absolute atomic E-state index is 13.3. The lowest BCUT2D eigenvalue weighted by atomic mass is 10.1. The zero-order chi connectivity index (χ0) is 22.3. The summed E-state index contributed by atoms with van der Waals surface area (Å²) in [6.07, 6.45) is 5.00. The lowest BCUT2D eigenvalue weighted by Gasteiger charge is -2.28. The predicted molar refractivity (Wildman–Crippen MR) is 124 cm³/mol. The van der Waals surface area contributed by atoms with Gasteiger partial charge in [0.1, 0.15) is 5.75 Å². The molecule has 1 aliphatic heterocycles. The minimum atomic E-state index is -3.12. The summed E-state index contributed by atoms with van der Waals surface area (Å²) in [5, 5.41) is 0.587. The molecule has 0 aromatic heterocycles. The summed E-state index contributed by atoms with van der Waals surface area (Å²) in [5.41, 5.74) is 1.39. The molecule has 0 N–H and O–H groups in total. The van der Waals surface area contributed by atoms with Crippen molar-refractivity contribution in [1.29, 1.82) is 0 Å². The minimum Gasteiger partial charge on any atom is -0.494 e. The summed E-state index contributed by atoms with van der Waals surface area (Å²) in [5.74, 6) is 0.662. The van der Waals surface area contributed by atoms with Gasteiger partial charge in [-0.15, -0.1) is 0 Å². The largest absolute Gasteiger partial charge is 0.494 e. The summed E-state index contributed by atoms with van der Waals surface area (Å²) in [4.78, 5) is 15.0. The maximum Gasteiger partial charge on any atom is 0.254 e. The van der Waals surface area contributed by atoms with Crippen molar-refractivity contribution in [2.75, 3.05) is 18.1 Å². The van der Waals surface area contributed by atoms with Gasteiger partial charge >= 0.3 is 0 Å². The van der Waals surface area contributed by atoms with Crippen LogP contribution in [0.2, 0.25) is 5.02 Å². The predicted octanol–water partition coefficient (Wildman–Crippen LogP) is 5.13. The molecule has 1 amide bonds. The van der Waals surface area contributed by atoms with E-state index in [9.17, 15) is 13.2 Å². The first-order valence-electron chi connectivity index (χ1n) is 10.9. The molecule has 5 nitrogen and oxygen atoms in total. The van der Waals surface area contributed by atoms with Crippen molar-refractivity contribution in [3.8, 4) is 5.75 Å². The number of halogens is 1. The van der Waals surface area contributed by atoms with Crippen LogP contribution in [0.5, 0.6) is 5.75 Å². The minimum absolute atomic E-state index is 0.00173. The van der Waals surface area contributed by atoms with E-state index >= 15 is 0 Å². The molecule has 3 rings (SSSR count). The summed E-state index contributed by atoms with van der Waals surface area (Å²) in [6, 6.07) is 14.1. The standard InChI is InChI=1S/C24H30ClNO4S/c1-2-3-4-5-14-30-23-11-9-20(10-12-23)24(27)26(22-13-15-31(28,29)18-22)17-19-7-6-8-21(25)16-19/h6-12,16,22H,2-5,13-15,17-18H2,1H3. The van der Waals surface area contributed by atoms with Crippen LogP contribution >= 0.6 is 11.6 Å². The SMILES string of the molecule is CCCCCCOc1ccc(C(=O)N(Cc2cccc(Cl)c2)C2CCS(=O)(=O)C2)cc1. The molecule has 0 spiro atoms. The first kappa shape index (κ1) is 23.6. The molecule has 0 bridgehead atoms. The van der Waals surface area contributed by atoms with E-state index < -0.39 is 9.84 Å². The molecular weight excluding hydrogens is 434 g/mol. The average Bonchev–Trinajstić information content (AvgIpc) is 3.11. The lowest BCUT2D eigenvalue weighted by Crippen LogP contribution is -2.40. The number of carbonyl (C=O) groups excluding carboxylic acids is 1. The fraction of sp³-hybridized carbons (Fsp3) is 0.458. The summed E-state index contributed by atoms with van der Waals surface area (Å²) in [6.45, 7) is 3.15. The number of hydrogen-bond acceptors (Lipinski definition) is 4. The molecule has 0 saturated carbocycles. The summed E-state index contributed by atoms with van der Waals surface area (Å²) in [7, 11) is -3.12. The van der Waals surface area contributed by atoms with Gasteiger partial charge in [-0.1, -0.05) is 49.9 Å². The van der Waals surface area contributed by atoms with Gasteiger partial charge in [0, 0.05) is 23.2 Å². The molecule has 1 atom stereocenters. The quantitative estimate of drug-likeness (QED) is 0.458. The number of ether oxygens (including phenoxy) is 1. The van der Waals surface area contributed by atoms with Crippen LogP contribution < -0.4 is 4.74 Å². The number of benzene rings is 2. The molecule has 1 unspecified atom stereocenters. The molecule has 31 heavy (non-hydrogen) atoms. The molecule has 168 valence electrons. The van der Waals surface area contributed by atoms with Gasteiger partial charge in [0.25, 0.3) is 5.91 Å². The summed E-state index contributed by atoms with van der Waals surface area (Å²) < 4.78 is 29.9. The molecular formula is C24H30ClNO4S. The molecule has 2 aromatic rings. The Morgan fingerprint density at radius 3 is 2.55 bits per heavy atom. The van der Waals surface area contributed by atoms with Crippen molar-refractivity contribution in [2.45, 2.75) is 51.6 Å². The normalized spacial score (nSPS) is 17.4. The van der Waals surface area contributed by atoms with Crippen LogP contribution in [-0.2, 0) is 16.4 Å². The molecule has 1 heterocycles. The van der Waals surface area contributed by atoms with Gasteiger partial charge in [-0.3, -0.25) is 4.79 Å². The van der Waals surface area contributed by atoms with Gasteiger partial charge < -0.3 is 9.64 Å². The first-order chi connectivity index (χ1) is 14.9. The highest BCUT2D eigenvalue weighted by Gasteiger charge is 2.35. The van der Waals surface area contributed by atoms with E-state index in [0.717, 1.165) is 24.2 Å². The van der Waals surface area contributed by atoms with Crippen LogP contribution in [0.1, 0.15) is 54.9 Å². The number of hydrogen-bond donors (Lipinski definition) is 0. The molecule has 2 aromatic carbocycles. The maximum atomic E-state index is 13.3. The zero-order valence-corrected chi connectivity index (χ0v) is 19.5. The van der Waals surface area contributed by atoms with E-state index in [4.69, 9.17) is 16.3 Å². The highest BCUT2D eigenvalue weighted by molar-refractivity contribution is 7.91. The van der Waals surface area contributed by atoms with Crippen molar-refractivity contribution in [3.05, 3.63) is 64.7 Å². The number of nitrogens with zero attached hydrogens (tertiary/aromatic N) is 1. The fourth-order valence-corrected chi connectivity index (χ4v) is 5.74. The Bertz CT molecular complexity index is 975. The molecule has 7 heteroatoms. The Kier molecular flexibility index (Phi) is 8.38. The van der Waals surface area contributed by atoms with Crippen LogP contribution in [-0.4, -0.2) is 43.4 Å². The van der Waals surface area contributed by atoms with Gasteiger partial charge in [-0.05, 0) is 54.8 Å². The highest BCUT2D eigenvalue weighted by Crippen LogP contribution is 2.24. The van der Waals surface area contributed by atoms with E-state index in [1.54, 1.807) is 41.3 Å². The zero-order valence-electron chi connectivity index (χ0n) is 17.9. The van der Waals surface area contributed by atoms with Crippen molar-refractivity contribution in [1.82, 2.24) is 4.90 Å². The van der Waals surface area contributed by atoms with Gasteiger partial charge in [0.15, 0.2) is 9.84 Å². The van der Waals surface area contributed by atoms with Crippen molar-refractivity contribution in [3.63, 3.8) is 0 Å². The smallest absolute Gasteiger partial charge is 0.254 e. The van der Waals surface area contributed by atoms with Crippen molar-refractivity contribution >= 4 is 27.3 Å². The Morgan fingerprint density at radius 2 is 1.90 bits per heavy atom. The topological polar surface area (TPSA) is 63.7 Å². The third-order valence-corrected chi connectivity index (χ3v) is 7.51. The third kappa shape index (κ3) is 6.97. The van der Waals surface area contributed by atoms with Gasteiger partial charge in [0.05, 0.1) is 18.1 Å². The molecule has 1 saturated heterocycles. The van der Waals surface area contributed by atoms with E-state index in [-0.39, 0.29) is 23.5 Å². The Labute approximate surface area is 190 Å². The third-order valence-electron chi connectivity index (χ3n) is 5.52. The number of unbranched alkanes of at least 4 members (excludes halogenated alkanes) is 3.